The van der Waals surface area contributed by atoms with Crippen LogP contribution >= 0.6 is 0 Å². The zero-order chi connectivity index (χ0) is 23.2. The summed E-state index contributed by atoms with van der Waals surface area (Å²) in [7, 11) is 0. The van der Waals surface area contributed by atoms with Gasteiger partial charge >= 0.3 is 0 Å². The third kappa shape index (κ3) is 3.43. The molecule has 0 amide bonds. The van der Waals surface area contributed by atoms with Gasteiger partial charge in [0, 0.05) is 16.7 Å². The van der Waals surface area contributed by atoms with E-state index in [1.165, 1.54) is 49.4 Å². The van der Waals surface area contributed by atoms with Gasteiger partial charge in [-0.3, -0.25) is 5.01 Å². The van der Waals surface area contributed by atoms with Gasteiger partial charge in [0.15, 0.2) is 0 Å². The summed E-state index contributed by atoms with van der Waals surface area (Å²) in [4.78, 5) is 1.64. The number of piperazine rings is 1. The molecule has 0 unspecified atom stereocenters. The molecule has 170 valence electrons. The van der Waals surface area contributed by atoms with Crippen LogP contribution in [0.15, 0.2) is 108 Å². The molecule has 1 aliphatic heterocycles. The molecule has 1 fully saturated rings. The van der Waals surface area contributed by atoms with Crippen molar-refractivity contribution >= 4 is 27.8 Å². The smallest absolute Gasteiger partial charge is 0.140 e. The molecule has 1 heterocycles. The minimum absolute atomic E-state index is 0.426. The molecule has 2 aliphatic rings. The Morgan fingerprint density at radius 2 is 1.17 bits per heavy atom. The van der Waals surface area contributed by atoms with Gasteiger partial charge in [0.05, 0.1) is 32.4 Å². The summed E-state index contributed by atoms with van der Waals surface area (Å²) >= 11 is 0. The van der Waals surface area contributed by atoms with Crippen LogP contribution in [0.1, 0.15) is 22.7 Å². The van der Waals surface area contributed by atoms with Crippen LogP contribution in [0.25, 0.3) is 32.7 Å². The van der Waals surface area contributed by atoms with E-state index in [-0.39, 0.29) is 0 Å². The summed E-state index contributed by atoms with van der Waals surface area (Å²) in [5, 5.41) is 12.3. The minimum Gasteiger partial charge on any atom is -0.322 e. The van der Waals surface area contributed by atoms with Crippen molar-refractivity contribution in [1.29, 1.82) is 0 Å². The molecule has 0 bridgehead atoms. The van der Waals surface area contributed by atoms with Crippen molar-refractivity contribution in [2.24, 2.45) is 5.10 Å². The number of hydrazone groups is 1. The second-order valence-electron chi connectivity index (χ2n) is 9.70. The van der Waals surface area contributed by atoms with Gasteiger partial charge in [0.2, 0.25) is 0 Å². The van der Waals surface area contributed by atoms with Crippen molar-refractivity contribution in [3.8, 4) is 11.1 Å². The van der Waals surface area contributed by atoms with E-state index in [0.717, 1.165) is 26.2 Å². The first-order chi connectivity index (χ1) is 17.4. The number of hydrogen-bond donors (Lipinski definition) is 1. The molecule has 35 heavy (non-hydrogen) atoms. The van der Waals surface area contributed by atoms with E-state index in [4.69, 9.17) is 5.10 Å². The van der Waals surface area contributed by atoms with Gasteiger partial charge in [0.1, 0.15) is 6.04 Å². The van der Waals surface area contributed by atoms with E-state index in [2.05, 4.69) is 114 Å². The number of benzene rings is 5. The number of quaternary nitrogens is 1. The van der Waals surface area contributed by atoms with Crippen LogP contribution in [0, 0.1) is 0 Å². The quantitative estimate of drug-likeness (QED) is 0.290. The van der Waals surface area contributed by atoms with Crippen LogP contribution in [-0.2, 0) is 0 Å². The lowest BCUT2D eigenvalue weighted by Gasteiger charge is -2.34. The molecule has 0 atom stereocenters. The van der Waals surface area contributed by atoms with Crippen LogP contribution < -0.4 is 4.90 Å². The average Bonchev–Trinajstić information content (AvgIpc) is 3.26. The Balaban J connectivity index is 1.15. The predicted molar refractivity (Wildman–Crippen MR) is 145 cm³/mol. The molecule has 5 aromatic carbocycles. The van der Waals surface area contributed by atoms with E-state index in [9.17, 15) is 0 Å². The lowest BCUT2D eigenvalue weighted by Crippen LogP contribution is -3.14. The molecular weight excluding hydrogens is 426 g/mol. The van der Waals surface area contributed by atoms with Crippen molar-refractivity contribution in [3.05, 3.63) is 120 Å². The Morgan fingerprint density at radius 3 is 1.77 bits per heavy atom. The van der Waals surface area contributed by atoms with Crippen LogP contribution in [0.3, 0.4) is 0 Å². The third-order valence-corrected chi connectivity index (χ3v) is 7.79. The fourth-order valence-corrected chi connectivity index (χ4v) is 6.11. The van der Waals surface area contributed by atoms with Crippen molar-refractivity contribution in [1.82, 2.24) is 5.01 Å². The molecular formula is C32H28N3+. The molecule has 0 aromatic heterocycles. The van der Waals surface area contributed by atoms with E-state index >= 15 is 0 Å². The molecule has 1 saturated heterocycles. The molecule has 0 saturated carbocycles. The summed E-state index contributed by atoms with van der Waals surface area (Å²) in [6, 6.07) is 37.9. The predicted octanol–water partition coefficient (Wildman–Crippen LogP) is 5.30. The van der Waals surface area contributed by atoms with E-state index in [0.29, 0.717) is 6.04 Å². The highest BCUT2D eigenvalue weighted by Crippen LogP contribution is 2.41. The van der Waals surface area contributed by atoms with Gasteiger partial charge in [0.25, 0.3) is 0 Å². The highest BCUT2D eigenvalue weighted by atomic mass is 15.5. The second kappa shape index (κ2) is 8.37. The van der Waals surface area contributed by atoms with Gasteiger partial charge < -0.3 is 4.90 Å². The molecule has 7 rings (SSSR count). The van der Waals surface area contributed by atoms with Crippen LogP contribution in [0.2, 0.25) is 0 Å². The average molecular weight is 455 g/mol. The van der Waals surface area contributed by atoms with Crippen molar-refractivity contribution in [3.63, 3.8) is 0 Å². The summed E-state index contributed by atoms with van der Waals surface area (Å²) in [5.74, 6) is 0. The van der Waals surface area contributed by atoms with Gasteiger partial charge in [-0.2, -0.15) is 5.10 Å². The molecule has 1 aliphatic carbocycles. The fourth-order valence-electron chi connectivity index (χ4n) is 6.11. The summed E-state index contributed by atoms with van der Waals surface area (Å²) in [5.41, 5.74) is 6.98. The van der Waals surface area contributed by atoms with Gasteiger partial charge in [-0.1, -0.05) is 97.1 Å². The summed E-state index contributed by atoms with van der Waals surface area (Å²) in [6.45, 7) is 4.10. The van der Waals surface area contributed by atoms with Crippen LogP contribution in [0.4, 0.5) is 0 Å². The third-order valence-electron chi connectivity index (χ3n) is 7.79. The van der Waals surface area contributed by atoms with Crippen molar-refractivity contribution in [2.75, 3.05) is 26.2 Å². The topological polar surface area (TPSA) is 20.0 Å². The minimum atomic E-state index is 0.426. The Bertz CT molecular complexity index is 1480. The number of nitrogens with zero attached hydrogens (tertiary/aromatic N) is 2. The Morgan fingerprint density at radius 1 is 0.657 bits per heavy atom. The molecule has 3 heteroatoms. The van der Waals surface area contributed by atoms with E-state index < -0.39 is 0 Å². The van der Waals surface area contributed by atoms with Gasteiger partial charge in [-0.05, 0) is 38.7 Å². The number of fused-ring (bicyclic) bond motifs is 5. The van der Waals surface area contributed by atoms with Crippen molar-refractivity contribution < 1.29 is 4.90 Å². The summed E-state index contributed by atoms with van der Waals surface area (Å²) < 4.78 is 0. The monoisotopic (exact) mass is 454 g/mol. The first-order valence-corrected chi connectivity index (χ1v) is 12.6. The first-order valence-electron chi connectivity index (χ1n) is 12.6. The number of nitrogens with one attached hydrogen (secondary N) is 1. The largest absolute Gasteiger partial charge is 0.322 e. The number of rotatable bonds is 3. The fraction of sp³-hybridized carbons (Fsp3) is 0.156. The Kier molecular flexibility index (Phi) is 4.88. The Labute approximate surface area is 205 Å². The standard InChI is InChI=1S/C32H27N3/c1-3-11-25-23(9-1)21-24-10-2-4-12-26(24)31(25)22-33-35-19-17-34(18-20-35)32-29-15-7-5-13-27(29)28-14-6-8-16-30(28)32/h1-16,21-22,32H,17-20H2/p+1/b33-22+. The zero-order valence-electron chi connectivity index (χ0n) is 19.7. The molecule has 0 radical (unpaired) electrons. The highest BCUT2D eigenvalue weighted by Gasteiger charge is 2.37. The summed E-state index contributed by atoms with van der Waals surface area (Å²) in [6.07, 6.45) is 2.09. The van der Waals surface area contributed by atoms with Gasteiger partial charge in [-0.25, -0.2) is 0 Å². The van der Waals surface area contributed by atoms with Crippen molar-refractivity contribution in [2.45, 2.75) is 6.04 Å². The van der Waals surface area contributed by atoms with Crippen LogP contribution in [0.5, 0.6) is 0 Å². The highest BCUT2D eigenvalue weighted by molar-refractivity contribution is 6.13. The first kappa shape index (κ1) is 20.4. The van der Waals surface area contributed by atoms with E-state index in [1.54, 1.807) is 4.90 Å². The SMILES string of the molecule is C(=N\N1CC[NH+](C2c3ccccc3-c3ccccc32)CC1)/c1c2ccccc2cc2ccccc12. The molecule has 3 nitrogen and oxygen atoms in total. The Hall–Kier alpha value is -3.95. The molecule has 1 N–H and O–H groups in total. The normalized spacial score (nSPS) is 16.3. The molecule has 0 spiro atoms. The van der Waals surface area contributed by atoms with Gasteiger partial charge in [-0.15, -0.1) is 0 Å². The maximum absolute atomic E-state index is 5.00. The zero-order valence-corrected chi connectivity index (χ0v) is 19.7. The maximum Gasteiger partial charge on any atom is 0.140 e. The lowest BCUT2D eigenvalue weighted by molar-refractivity contribution is -0.929. The van der Waals surface area contributed by atoms with Crippen LogP contribution in [-0.4, -0.2) is 37.4 Å². The lowest BCUT2D eigenvalue weighted by atomic mass is 9.97. The number of hydrogen-bond acceptors (Lipinski definition) is 2. The second-order valence-corrected chi connectivity index (χ2v) is 9.70. The van der Waals surface area contributed by atoms with E-state index in [1.807, 2.05) is 0 Å². The maximum atomic E-state index is 5.00. The molecule has 5 aromatic rings.